The maximum atomic E-state index is 13.0. The van der Waals surface area contributed by atoms with Crippen LogP contribution >= 0.6 is 27.7 Å². The SMILES string of the molecule is CC(=NN=C(N)SC1CC(=O)N(c2ccc(Br)cc2)C1=O)c1ccc(F)cc1. The minimum atomic E-state index is -0.652. The summed E-state index contributed by atoms with van der Waals surface area (Å²) in [6.07, 6.45) is 0.0381. The first-order chi connectivity index (χ1) is 13.3. The van der Waals surface area contributed by atoms with E-state index in [2.05, 4.69) is 26.1 Å². The number of thioether (sulfide) groups is 1. The molecule has 2 amide bonds. The smallest absolute Gasteiger partial charge is 0.247 e. The summed E-state index contributed by atoms with van der Waals surface area (Å²) in [6.45, 7) is 1.72. The Morgan fingerprint density at radius 2 is 1.79 bits per heavy atom. The predicted octanol–water partition coefficient (Wildman–Crippen LogP) is 3.69. The molecule has 1 unspecified atom stereocenters. The van der Waals surface area contributed by atoms with Gasteiger partial charge in [-0.3, -0.25) is 9.59 Å². The summed E-state index contributed by atoms with van der Waals surface area (Å²) in [4.78, 5) is 26.1. The van der Waals surface area contributed by atoms with Crippen molar-refractivity contribution in [2.24, 2.45) is 15.9 Å². The number of hydrogen-bond acceptors (Lipinski definition) is 5. The van der Waals surface area contributed by atoms with E-state index in [9.17, 15) is 14.0 Å². The van der Waals surface area contributed by atoms with Crippen LogP contribution in [0.15, 0.2) is 63.2 Å². The van der Waals surface area contributed by atoms with E-state index in [1.165, 1.54) is 12.1 Å². The first-order valence-electron chi connectivity index (χ1n) is 8.28. The third kappa shape index (κ3) is 4.66. The molecule has 6 nitrogen and oxygen atoms in total. The Balaban J connectivity index is 1.69. The lowest BCUT2D eigenvalue weighted by Gasteiger charge is -2.14. The van der Waals surface area contributed by atoms with Gasteiger partial charge in [0, 0.05) is 10.9 Å². The number of carbonyl (C=O) groups excluding carboxylic acids is 2. The van der Waals surface area contributed by atoms with E-state index >= 15 is 0 Å². The van der Waals surface area contributed by atoms with Gasteiger partial charge in [0.05, 0.1) is 11.4 Å². The molecule has 0 saturated carbocycles. The van der Waals surface area contributed by atoms with Crippen LogP contribution in [0.2, 0.25) is 0 Å². The van der Waals surface area contributed by atoms with Gasteiger partial charge in [0.2, 0.25) is 11.8 Å². The van der Waals surface area contributed by atoms with Crippen LogP contribution in [0.1, 0.15) is 18.9 Å². The second-order valence-electron chi connectivity index (χ2n) is 5.98. The van der Waals surface area contributed by atoms with E-state index in [1.54, 1.807) is 43.3 Å². The number of hydrogen-bond donors (Lipinski definition) is 1. The molecule has 1 aliphatic heterocycles. The van der Waals surface area contributed by atoms with Crippen molar-refractivity contribution >= 4 is 56.1 Å². The molecule has 2 aromatic carbocycles. The molecule has 0 spiro atoms. The van der Waals surface area contributed by atoms with Gasteiger partial charge in [-0.05, 0) is 48.9 Å². The molecule has 0 bridgehead atoms. The summed E-state index contributed by atoms with van der Waals surface area (Å²) >= 11 is 4.32. The second kappa shape index (κ2) is 8.66. The Labute approximate surface area is 173 Å². The monoisotopic (exact) mass is 462 g/mol. The Bertz CT molecular complexity index is 961. The zero-order chi connectivity index (χ0) is 20.3. The topological polar surface area (TPSA) is 88.1 Å². The minimum Gasteiger partial charge on any atom is -0.377 e. The fourth-order valence-corrected chi connectivity index (χ4v) is 3.68. The first kappa shape index (κ1) is 20.2. The lowest BCUT2D eigenvalue weighted by Crippen LogP contribution is -2.31. The van der Waals surface area contributed by atoms with Crippen molar-refractivity contribution in [2.45, 2.75) is 18.6 Å². The van der Waals surface area contributed by atoms with E-state index in [4.69, 9.17) is 5.73 Å². The molecule has 2 aromatic rings. The van der Waals surface area contributed by atoms with Crippen molar-refractivity contribution < 1.29 is 14.0 Å². The van der Waals surface area contributed by atoms with Crippen LogP contribution in [-0.2, 0) is 9.59 Å². The zero-order valence-electron chi connectivity index (χ0n) is 14.8. The fourth-order valence-electron chi connectivity index (χ4n) is 2.60. The zero-order valence-corrected chi connectivity index (χ0v) is 17.2. The van der Waals surface area contributed by atoms with Gasteiger partial charge < -0.3 is 5.73 Å². The molecule has 144 valence electrons. The molecule has 1 heterocycles. The molecule has 0 radical (unpaired) electrons. The van der Waals surface area contributed by atoms with Gasteiger partial charge in [-0.25, -0.2) is 9.29 Å². The van der Waals surface area contributed by atoms with Crippen molar-refractivity contribution in [2.75, 3.05) is 4.90 Å². The Morgan fingerprint density at radius 1 is 1.14 bits per heavy atom. The van der Waals surface area contributed by atoms with Gasteiger partial charge in [-0.1, -0.05) is 39.8 Å². The molecule has 1 aliphatic rings. The Hall–Kier alpha value is -2.52. The van der Waals surface area contributed by atoms with Crippen molar-refractivity contribution in [1.29, 1.82) is 0 Å². The minimum absolute atomic E-state index is 0.0381. The molecule has 3 rings (SSSR count). The standard InChI is InChI=1S/C19H16BrFN4O2S/c1-11(12-2-6-14(21)7-3-12)23-24-19(22)28-16-10-17(26)25(18(16)27)15-8-4-13(20)5-9-15/h2-9,16H,10H2,1H3,(H2,22,24). The van der Waals surface area contributed by atoms with Crippen molar-refractivity contribution in [3.05, 3.63) is 64.4 Å². The summed E-state index contributed by atoms with van der Waals surface area (Å²) in [7, 11) is 0. The number of rotatable bonds is 4. The van der Waals surface area contributed by atoms with Crippen LogP contribution in [0.5, 0.6) is 0 Å². The highest BCUT2D eigenvalue weighted by Crippen LogP contribution is 2.30. The number of imide groups is 1. The molecule has 28 heavy (non-hydrogen) atoms. The number of benzene rings is 2. The van der Waals surface area contributed by atoms with Crippen LogP contribution in [0.25, 0.3) is 0 Å². The number of amides is 2. The van der Waals surface area contributed by atoms with Gasteiger partial charge in [0.1, 0.15) is 11.1 Å². The normalized spacial score (nSPS) is 18.1. The third-order valence-corrected chi connectivity index (χ3v) is 5.52. The van der Waals surface area contributed by atoms with E-state index in [0.29, 0.717) is 17.0 Å². The molecular formula is C19H16BrFN4O2S. The maximum absolute atomic E-state index is 13.0. The van der Waals surface area contributed by atoms with Gasteiger partial charge in [-0.2, -0.15) is 5.10 Å². The van der Waals surface area contributed by atoms with E-state index < -0.39 is 5.25 Å². The average Bonchev–Trinajstić information content (AvgIpc) is 2.94. The second-order valence-corrected chi connectivity index (χ2v) is 8.12. The Kier molecular flexibility index (Phi) is 6.25. The molecule has 1 fully saturated rings. The Morgan fingerprint density at radius 3 is 2.43 bits per heavy atom. The lowest BCUT2D eigenvalue weighted by molar-refractivity contribution is -0.121. The van der Waals surface area contributed by atoms with Crippen LogP contribution in [0.4, 0.5) is 10.1 Å². The maximum Gasteiger partial charge on any atom is 0.247 e. The number of halogens is 2. The number of anilines is 1. The van der Waals surface area contributed by atoms with Crippen LogP contribution in [0, 0.1) is 5.82 Å². The summed E-state index contributed by atoms with van der Waals surface area (Å²) in [5.41, 5.74) is 7.64. The fraction of sp³-hybridized carbons (Fsp3) is 0.158. The van der Waals surface area contributed by atoms with Crippen LogP contribution < -0.4 is 10.6 Å². The molecule has 2 N–H and O–H groups in total. The van der Waals surface area contributed by atoms with Crippen LogP contribution in [-0.4, -0.2) is 27.9 Å². The largest absolute Gasteiger partial charge is 0.377 e. The number of nitrogens with two attached hydrogens (primary N) is 1. The number of carbonyl (C=O) groups is 2. The van der Waals surface area contributed by atoms with Crippen molar-refractivity contribution in [3.63, 3.8) is 0 Å². The molecule has 0 aliphatic carbocycles. The van der Waals surface area contributed by atoms with Gasteiger partial charge in [0.15, 0.2) is 5.17 Å². The number of amidine groups is 1. The lowest BCUT2D eigenvalue weighted by atomic mass is 10.1. The van der Waals surface area contributed by atoms with Gasteiger partial charge in [-0.15, -0.1) is 5.10 Å². The van der Waals surface area contributed by atoms with Gasteiger partial charge >= 0.3 is 0 Å². The average molecular weight is 463 g/mol. The summed E-state index contributed by atoms with van der Waals surface area (Å²) in [5, 5.41) is 7.36. The highest BCUT2D eigenvalue weighted by atomic mass is 79.9. The highest BCUT2D eigenvalue weighted by Gasteiger charge is 2.40. The molecule has 0 aromatic heterocycles. The number of nitrogens with zero attached hydrogens (tertiary/aromatic N) is 3. The van der Waals surface area contributed by atoms with E-state index in [-0.39, 0.29) is 29.2 Å². The third-order valence-electron chi connectivity index (χ3n) is 4.01. The first-order valence-corrected chi connectivity index (χ1v) is 9.95. The quantitative estimate of drug-likeness (QED) is 0.324. The molecular weight excluding hydrogens is 447 g/mol. The highest BCUT2D eigenvalue weighted by molar-refractivity contribution is 9.10. The van der Waals surface area contributed by atoms with Crippen LogP contribution in [0.3, 0.4) is 0 Å². The summed E-state index contributed by atoms with van der Waals surface area (Å²) in [5.74, 6) is -0.965. The van der Waals surface area contributed by atoms with Gasteiger partial charge in [0.25, 0.3) is 0 Å². The summed E-state index contributed by atoms with van der Waals surface area (Å²) in [6, 6.07) is 12.7. The van der Waals surface area contributed by atoms with Crippen molar-refractivity contribution in [3.8, 4) is 0 Å². The summed E-state index contributed by atoms with van der Waals surface area (Å²) < 4.78 is 13.8. The van der Waals surface area contributed by atoms with E-state index in [1.807, 2.05) is 0 Å². The predicted molar refractivity (Wildman–Crippen MR) is 113 cm³/mol. The van der Waals surface area contributed by atoms with E-state index in [0.717, 1.165) is 21.1 Å². The molecule has 1 saturated heterocycles. The molecule has 1 atom stereocenters. The van der Waals surface area contributed by atoms with Crippen molar-refractivity contribution in [1.82, 2.24) is 0 Å². The molecule has 9 heteroatoms.